The average Bonchev–Trinajstić information content (AvgIpc) is 3.05. The minimum absolute atomic E-state index is 0.689. The topological polar surface area (TPSA) is 50.7 Å². The number of nitrogens with one attached hydrogen (secondary N) is 1. The summed E-state index contributed by atoms with van der Waals surface area (Å²) in [5.74, 6) is 1.56. The Morgan fingerprint density at radius 1 is 1.00 bits per heavy atom. The third kappa shape index (κ3) is 2.91. The zero-order valence-corrected chi connectivity index (χ0v) is 13.1. The number of aromatic nitrogens is 3. The number of nitrogens with zero attached hydrogens (tertiary/aromatic N) is 3. The summed E-state index contributed by atoms with van der Waals surface area (Å²) in [6.45, 7) is 0.689. The van der Waals surface area contributed by atoms with Gasteiger partial charge in [-0.2, -0.15) is 0 Å². The molecule has 0 bridgehead atoms. The van der Waals surface area contributed by atoms with Gasteiger partial charge < -0.3 is 5.32 Å². The van der Waals surface area contributed by atoms with E-state index in [9.17, 15) is 0 Å². The van der Waals surface area contributed by atoms with Crippen LogP contribution >= 0.6 is 11.3 Å². The standard InChI is InChI=1S/C18H14N4S/c1-2-6-16-14(5-1)15(12-23-16)18-20-9-7-17(22-18)21-11-13-4-3-8-19-10-13/h1-10,12H,11H2,(H,20,21,22). The van der Waals surface area contributed by atoms with Crippen molar-refractivity contribution in [2.75, 3.05) is 5.32 Å². The van der Waals surface area contributed by atoms with E-state index in [0.717, 1.165) is 22.8 Å². The molecule has 112 valence electrons. The normalized spacial score (nSPS) is 10.8. The van der Waals surface area contributed by atoms with Gasteiger partial charge in [-0.25, -0.2) is 9.97 Å². The van der Waals surface area contributed by atoms with Crippen LogP contribution in [0.1, 0.15) is 5.56 Å². The van der Waals surface area contributed by atoms with Gasteiger partial charge in [0.2, 0.25) is 0 Å². The van der Waals surface area contributed by atoms with Crippen molar-refractivity contribution in [1.82, 2.24) is 15.0 Å². The predicted molar refractivity (Wildman–Crippen MR) is 94.4 cm³/mol. The lowest BCUT2D eigenvalue weighted by atomic mass is 10.1. The third-order valence-electron chi connectivity index (χ3n) is 3.57. The molecule has 0 radical (unpaired) electrons. The highest BCUT2D eigenvalue weighted by atomic mass is 32.1. The Kier molecular flexibility index (Phi) is 3.70. The molecule has 5 heteroatoms. The van der Waals surface area contributed by atoms with Gasteiger partial charge in [0.15, 0.2) is 5.82 Å². The molecule has 23 heavy (non-hydrogen) atoms. The lowest BCUT2D eigenvalue weighted by Gasteiger charge is -2.06. The lowest BCUT2D eigenvalue weighted by molar-refractivity contribution is 1.07. The monoisotopic (exact) mass is 318 g/mol. The Labute approximate surface area is 137 Å². The Hall–Kier alpha value is -2.79. The van der Waals surface area contributed by atoms with Gasteiger partial charge in [-0.3, -0.25) is 4.98 Å². The summed E-state index contributed by atoms with van der Waals surface area (Å²) in [5.41, 5.74) is 2.20. The number of anilines is 1. The van der Waals surface area contributed by atoms with Crippen LogP contribution in [0.15, 0.2) is 66.4 Å². The summed E-state index contributed by atoms with van der Waals surface area (Å²) in [7, 11) is 0. The zero-order chi connectivity index (χ0) is 15.5. The summed E-state index contributed by atoms with van der Waals surface area (Å²) in [5, 5.41) is 6.64. The van der Waals surface area contributed by atoms with E-state index in [4.69, 9.17) is 0 Å². The highest BCUT2D eigenvalue weighted by Crippen LogP contribution is 2.32. The van der Waals surface area contributed by atoms with Crippen molar-refractivity contribution in [3.8, 4) is 11.4 Å². The number of fused-ring (bicyclic) bond motifs is 1. The minimum atomic E-state index is 0.689. The second-order valence-corrected chi connectivity index (χ2v) is 6.04. The summed E-state index contributed by atoms with van der Waals surface area (Å²) < 4.78 is 1.25. The van der Waals surface area contributed by atoms with Crippen molar-refractivity contribution in [3.63, 3.8) is 0 Å². The Bertz CT molecular complexity index is 934. The molecule has 4 nitrogen and oxygen atoms in total. The number of rotatable bonds is 4. The van der Waals surface area contributed by atoms with Crippen LogP contribution in [0.4, 0.5) is 5.82 Å². The summed E-state index contributed by atoms with van der Waals surface area (Å²) in [4.78, 5) is 13.2. The van der Waals surface area contributed by atoms with Crippen molar-refractivity contribution in [3.05, 3.63) is 72.0 Å². The largest absolute Gasteiger partial charge is 0.366 e. The van der Waals surface area contributed by atoms with Gasteiger partial charge in [-0.05, 0) is 23.8 Å². The number of hydrogen-bond donors (Lipinski definition) is 1. The third-order valence-corrected chi connectivity index (χ3v) is 4.54. The number of thiophene rings is 1. The molecular weight excluding hydrogens is 304 g/mol. The molecule has 0 aliphatic heterocycles. The molecule has 0 aliphatic rings. The molecule has 0 saturated heterocycles. The first-order chi connectivity index (χ1) is 11.4. The van der Waals surface area contributed by atoms with E-state index in [2.05, 4.69) is 43.8 Å². The molecule has 0 amide bonds. The first kappa shape index (κ1) is 13.8. The minimum Gasteiger partial charge on any atom is -0.366 e. The fraction of sp³-hybridized carbons (Fsp3) is 0.0556. The fourth-order valence-electron chi connectivity index (χ4n) is 2.43. The molecular formula is C18H14N4S. The van der Waals surface area contributed by atoms with E-state index in [-0.39, 0.29) is 0 Å². The van der Waals surface area contributed by atoms with Crippen molar-refractivity contribution >= 4 is 27.2 Å². The van der Waals surface area contributed by atoms with Crippen LogP contribution in [0.25, 0.3) is 21.5 Å². The van der Waals surface area contributed by atoms with E-state index in [1.165, 1.54) is 10.1 Å². The molecule has 1 aromatic carbocycles. The maximum Gasteiger partial charge on any atom is 0.162 e. The van der Waals surface area contributed by atoms with Crippen LogP contribution in [-0.4, -0.2) is 15.0 Å². The van der Waals surface area contributed by atoms with E-state index in [1.807, 2.05) is 30.5 Å². The first-order valence-corrected chi connectivity index (χ1v) is 8.20. The summed E-state index contributed by atoms with van der Waals surface area (Å²) in [6, 6.07) is 14.2. The van der Waals surface area contributed by atoms with Gasteiger partial charge in [0.25, 0.3) is 0 Å². The maximum absolute atomic E-state index is 4.64. The van der Waals surface area contributed by atoms with Crippen LogP contribution < -0.4 is 5.32 Å². The zero-order valence-electron chi connectivity index (χ0n) is 12.3. The fourth-order valence-corrected chi connectivity index (χ4v) is 3.37. The van der Waals surface area contributed by atoms with Gasteiger partial charge in [-0.1, -0.05) is 24.3 Å². The first-order valence-electron chi connectivity index (χ1n) is 7.32. The Morgan fingerprint density at radius 2 is 1.96 bits per heavy atom. The molecule has 0 spiro atoms. The lowest BCUT2D eigenvalue weighted by Crippen LogP contribution is -2.02. The van der Waals surface area contributed by atoms with Crippen LogP contribution in [0, 0.1) is 0 Å². The highest BCUT2D eigenvalue weighted by molar-refractivity contribution is 7.17. The molecule has 0 unspecified atom stereocenters. The molecule has 1 N–H and O–H groups in total. The van der Waals surface area contributed by atoms with Gasteiger partial charge in [0, 0.05) is 46.2 Å². The Morgan fingerprint density at radius 3 is 2.87 bits per heavy atom. The number of pyridine rings is 1. The second-order valence-electron chi connectivity index (χ2n) is 5.13. The van der Waals surface area contributed by atoms with Gasteiger partial charge >= 0.3 is 0 Å². The van der Waals surface area contributed by atoms with Crippen molar-refractivity contribution < 1.29 is 0 Å². The summed E-state index contributed by atoms with van der Waals surface area (Å²) in [6.07, 6.45) is 5.41. The molecule has 0 fully saturated rings. The van der Waals surface area contributed by atoms with Crippen LogP contribution in [0.3, 0.4) is 0 Å². The van der Waals surface area contributed by atoms with Gasteiger partial charge in [-0.15, -0.1) is 11.3 Å². The van der Waals surface area contributed by atoms with Crippen LogP contribution in [0.2, 0.25) is 0 Å². The highest BCUT2D eigenvalue weighted by Gasteiger charge is 2.09. The molecule has 4 aromatic rings. The summed E-state index contributed by atoms with van der Waals surface area (Å²) >= 11 is 1.72. The Balaban J connectivity index is 1.61. The van der Waals surface area contributed by atoms with E-state index in [0.29, 0.717) is 6.54 Å². The van der Waals surface area contributed by atoms with Crippen molar-refractivity contribution in [1.29, 1.82) is 0 Å². The van der Waals surface area contributed by atoms with Gasteiger partial charge in [0.05, 0.1) is 0 Å². The maximum atomic E-state index is 4.64. The van der Waals surface area contributed by atoms with Crippen LogP contribution in [0.5, 0.6) is 0 Å². The van der Waals surface area contributed by atoms with E-state index >= 15 is 0 Å². The second kappa shape index (κ2) is 6.14. The SMILES string of the molecule is c1cncc(CNc2ccnc(-c3csc4ccccc34)n2)c1. The number of hydrogen-bond acceptors (Lipinski definition) is 5. The average molecular weight is 318 g/mol. The number of benzene rings is 1. The van der Waals surface area contributed by atoms with Gasteiger partial charge in [0.1, 0.15) is 5.82 Å². The quantitative estimate of drug-likeness (QED) is 0.607. The molecule has 0 atom stereocenters. The van der Waals surface area contributed by atoms with Crippen molar-refractivity contribution in [2.24, 2.45) is 0 Å². The molecule has 3 heterocycles. The molecule has 0 saturated carbocycles. The molecule has 0 aliphatic carbocycles. The van der Waals surface area contributed by atoms with Crippen molar-refractivity contribution in [2.45, 2.75) is 6.54 Å². The molecule has 4 rings (SSSR count). The smallest absolute Gasteiger partial charge is 0.162 e. The van der Waals surface area contributed by atoms with Crippen LogP contribution in [-0.2, 0) is 6.54 Å². The van der Waals surface area contributed by atoms with E-state index in [1.54, 1.807) is 23.7 Å². The van der Waals surface area contributed by atoms with E-state index < -0.39 is 0 Å². The predicted octanol–water partition coefficient (Wildman–Crippen LogP) is 4.37. The molecule has 3 aromatic heterocycles.